The summed E-state index contributed by atoms with van der Waals surface area (Å²) in [7, 11) is 0. The monoisotopic (exact) mass is 173 g/mol. The molecule has 1 heterocycles. The number of aliphatic hydroxyl groups excluding tert-OH is 1. The van der Waals surface area contributed by atoms with Crippen LogP contribution in [0.3, 0.4) is 0 Å². The average molecular weight is 173 g/mol. The summed E-state index contributed by atoms with van der Waals surface area (Å²) in [5, 5.41) is 18.9. The van der Waals surface area contributed by atoms with E-state index < -0.39 is 4.92 Å². The molecule has 5 heteroatoms. The van der Waals surface area contributed by atoms with E-state index in [0.29, 0.717) is 9.75 Å². The zero-order valence-corrected chi connectivity index (χ0v) is 6.72. The molecule has 0 aliphatic carbocycles. The van der Waals surface area contributed by atoms with Crippen molar-refractivity contribution in [1.82, 2.24) is 0 Å². The first-order valence-electron chi connectivity index (χ1n) is 2.99. The van der Waals surface area contributed by atoms with Crippen molar-refractivity contribution in [2.24, 2.45) is 0 Å². The fraction of sp³-hybridized carbons (Fsp3) is 0.333. The summed E-state index contributed by atoms with van der Waals surface area (Å²) < 4.78 is 0. The minimum absolute atomic E-state index is 0.0963. The molecular formula is C6H7NO3S. The highest BCUT2D eigenvalue weighted by Gasteiger charge is 2.13. The molecule has 0 atom stereocenters. The highest BCUT2D eigenvalue weighted by molar-refractivity contribution is 7.12. The van der Waals surface area contributed by atoms with Crippen molar-refractivity contribution in [3.05, 3.63) is 25.9 Å². The van der Waals surface area contributed by atoms with Crippen LogP contribution in [0, 0.1) is 17.0 Å². The van der Waals surface area contributed by atoms with Crippen molar-refractivity contribution in [1.29, 1.82) is 0 Å². The summed E-state index contributed by atoms with van der Waals surface area (Å²) in [5.41, 5.74) is 0.0963. The Kier molecular flexibility index (Phi) is 2.21. The summed E-state index contributed by atoms with van der Waals surface area (Å²) in [6.07, 6.45) is 0. The predicted octanol–water partition coefficient (Wildman–Crippen LogP) is 1.46. The van der Waals surface area contributed by atoms with E-state index in [1.54, 1.807) is 6.92 Å². The number of thiophene rings is 1. The van der Waals surface area contributed by atoms with Crippen molar-refractivity contribution in [3.63, 3.8) is 0 Å². The summed E-state index contributed by atoms with van der Waals surface area (Å²) in [6.45, 7) is 1.54. The third-order valence-corrected chi connectivity index (χ3v) is 2.32. The van der Waals surface area contributed by atoms with Gasteiger partial charge in [0.25, 0.3) is 5.69 Å². The van der Waals surface area contributed by atoms with Crippen LogP contribution in [0.1, 0.15) is 9.75 Å². The number of aryl methyl sites for hydroxylation is 1. The Balaban J connectivity index is 3.07. The van der Waals surface area contributed by atoms with Gasteiger partial charge in [-0.05, 0) is 6.92 Å². The molecule has 4 nitrogen and oxygen atoms in total. The number of hydrogen-bond acceptors (Lipinski definition) is 4. The molecular weight excluding hydrogens is 166 g/mol. The van der Waals surface area contributed by atoms with Crippen molar-refractivity contribution in [2.75, 3.05) is 0 Å². The molecule has 0 amide bonds. The average Bonchev–Trinajstić information content (AvgIpc) is 2.30. The van der Waals surface area contributed by atoms with Crippen LogP contribution < -0.4 is 0 Å². The third-order valence-electron chi connectivity index (χ3n) is 1.30. The van der Waals surface area contributed by atoms with Crippen LogP contribution in [0.4, 0.5) is 5.69 Å². The lowest BCUT2D eigenvalue weighted by Crippen LogP contribution is -1.85. The molecule has 0 saturated heterocycles. The highest BCUT2D eigenvalue weighted by Crippen LogP contribution is 2.27. The molecule has 1 rings (SSSR count). The lowest BCUT2D eigenvalue weighted by atomic mass is 10.4. The molecule has 0 radical (unpaired) electrons. The van der Waals surface area contributed by atoms with E-state index in [-0.39, 0.29) is 12.3 Å². The number of hydrogen-bond donors (Lipinski definition) is 1. The van der Waals surface area contributed by atoms with E-state index >= 15 is 0 Å². The summed E-state index contributed by atoms with van der Waals surface area (Å²) in [5.74, 6) is 0. The van der Waals surface area contributed by atoms with Crippen molar-refractivity contribution >= 4 is 17.0 Å². The van der Waals surface area contributed by atoms with E-state index in [1.165, 1.54) is 17.4 Å². The second-order valence-electron chi connectivity index (χ2n) is 2.07. The van der Waals surface area contributed by atoms with Crippen molar-refractivity contribution in [2.45, 2.75) is 13.5 Å². The molecule has 1 aromatic heterocycles. The second-order valence-corrected chi connectivity index (χ2v) is 3.41. The Morgan fingerprint density at radius 1 is 1.82 bits per heavy atom. The smallest absolute Gasteiger partial charge is 0.283 e. The number of rotatable bonds is 2. The van der Waals surface area contributed by atoms with Crippen LogP contribution in [0.15, 0.2) is 6.07 Å². The second kappa shape index (κ2) is 2.98. The molecule has 0 spiro atoms. The van der Waals surface area contributed by atoms with Gasteiger partial charge in [-0.15, -0.1) is 11.3 Å². The SMILES string of the molecule is Cc1sc(CO)cc1[N+](=O)[O-]. The van der Waals surface area contributed by atoms with Gasteiger partial charge < -0.3 is 5.11 Å². The van der Waals surface area contributed by atoms with Gasteiger partial charge in [0.1, 0.15) is 0 Å². The Labute approximate surface area is 67.2 Å². The van der Waals surface area contributed by atoms with Crippen LogP contribution in [0.25, 0.3) is 0 Å². The van der Waals surface area contributed by atoms with Gasteiger partial charge in [0.05, 0.1) is 16.4 Å². The molecule has 0 bridgehead atoms. The van der Waals surface area contributed by atoms with Crippen LogP contribution in [0.2, 0.25) is 0 Å². The fourth-order valence-corrected chi connectivity index (χ4v) is 1.66. The van der Waals surface area contributed by atoms with Gasteiger partial charge in [-0.2, -0.15) is 0 Å². The quantitative estimate of drug-likeness (QED) is 0.544. The number of aliphatic hydroxyl groups is 1. The summed E-state index contributed by atoms with van der Waals surface area (Å²) >= 11 is 1.25. The first-order chi connectivity index (χ1) is 5.15. The molecule has 0 saturated carbocycles. The standard InChI is InChI=1S/C6H7NO3S/c1-4-6(7(9)10)2-5(3-8)11-4/h2,8H,3H2,1H3. The maximum Gasteiger partial charge on any atom is 0.283 e. The molecule has 60 valence electrons. The molecule has 0 unspecified atom stereocenters. The zero-order chi connectivity index (χ0) is 8.43. The van der Waals surface area contributed by atoms with Crippen LogP contribution in [0.5, 0.6) is 0 Å². The maximum absolute atomic E-state index is 10.3. The highest BCUT2D eigenvalue weighted by atomic mass is 32.1. The van der Waals surface area contributed by atoms with E-state index in [2.05, 4.69) is 0 Å². The Morgan fingerprint density at radius 2 is 2.45 bits per heavy atom. The lowest BCUT2D eigenvalue weighted by molar-refractivity contribution is -0.385. The first kappa shape index (κ1) is 8.16. The van der Waals surface area contributed by atoms with Gasteiger partial charge in [0.2, 0.25) is 0 Å². The summed E-state index contributed by atoms with van der Waals surface area (Å²) in [4.78, 5) is 11.1. The minimum Gasteiger partial charge on any atom is -0.391 e. The van der Waals surface area contributed by atoms with Crippen LogP contribution in [-0.4, -0.2) is 10.0 Å². The maximum atomic E-state index is 10.3. The van der Waals surface area contributed by atoms with Crippen molar-refractivity contribution < 1.29 is 10.0 Å². The molecule has 1 N–H and O–H groups in total. The van der Waals surface area contributed by atoms with E-state index in [0.717, 1.165) is 0 Å². The largest absolute Gasteiger partial charge is 0.391 e. The minimum atomic E-state index is -0.439. The molecule has 0 fully saturated rings. The van der Waals surface area contributed by atoms with Gasteiger partial charge in [0, 0.05) is 10.9 Å². The Bertz CT molecular complexity index is 281. The van der Waals surface area contributed by atoms with Gasteiger partial charge >= 0.3 is 0 Å². The number of nitrogens with zero attached hydrogens (tertiary/aromatic N) is 1. The first-order valence-corrected chi connectivity index (χ1v) is 3.81. The summed E-state index contributed by atoms with van der Waals surface area (Å²) in [6, 6.07) is 1.40. The number of nitro groups is 1. The zero-order valence-electron chi connectivity index (χ0n) is 5.90. The Morgan fingerprint density at radius 3 is 2.73 bits per heavy atom. The normalized spacial score (nSPS) is 10.0. The molecule has 0 aromatic carbocycles. The molecule has 1 aromatic rings. The van der Waals surface area contributed by atoms with Crippen LogP contribution in [-0.2, 0) is 6.61 Å². The molecule has 11 heavy (non-hydrogen) atoms. The van der Waals surface area contributed by atoms with E-state index in [4.69, 9.17) is 5.11 Å². The van der Waals surface area contributed by atoms with E-state index in [9.17, 15) is 10.1 Å². The Hall–Kier alpha value is -0.940. The van der Waals surface area contributed by atoms with Gasteiger partial charge in [-0.25, -0.2) is 0 Å². The predicted molar refractivity (Wildman–Crippen MR) is 41.6 cm³/mol. The van der Waals surface area contributed by atoms with Gasteiger partial charge in [0.15, 0.2) is 0 Å². The topological polar surface area (TPSA) is 63.4 Å². The lowest BCUT2D eigenvalue weighted by Gasteiger charge is -1.83. The third kappa shape index (κ3) is 1.55. The molecule has 0 aliphatic rings. The molecule has 0 aliphatic heterocycles. The van der Waals surface area contributed by atoms with Crippen molar-refractivity contribution in [3.8, 4) is 0 Å². The fourth-order valence-electron chi connectivity index (χ4n) is 0.792. The van der Waals surface area contributed by atoms with Crippen LogP contribution >= 0.6 is 11.3 Å². The van der Waals surface area contributed by atoms with E-state index in [1.807, 2.05) is 0 Å². The van der Waals surface area contributed by atoms with Gasteiger partial charge in [-0.3, -0.25) is 10.1 Å². The van der Waals surface area contributed by atoms with Gasteiger partial charge in [-0.1, -0.05) is 0 Å².